The van der Waals surface area contributed by atoms with Crippen molar-refractivity contribution in [2.45, 2.75) is 63.2 Å². The van der Waals surface area contributed by atoms with E-state index in [9.17, 15) is 30.0 Å². The van der Waals surface area contributed by atoms with Crippen molar-refractivity contribution in [3.63, 3.8) is 0 Å². The van der Waals surface area contributed by atoms with Gasteiger partial charge in [0.15, 0.2) is 6.29 Å². The normalized spacial score (nSPS) is 25.0. The molecular formula is C33H39N5O10. The zero-order chi connectivity index (χ0) is 34.2. The van der Waals surface area contributed by atoms with Crippen molar-refractivity contribution >= 4 is 17.8 Å². The predicted molar refractivity (Wildman–Crippen MR) is 168 cm³/mol. The molecule has 5 N–H and O–H groups in total. The summed E-state index contributed by atoms with van der Waals surface area (Å²) in [5.74, 6) is 0. The van der Waals surface area contributed by atoms with Crippen molar-refractivity contribution in [3.8, 4) is 0 Å². The molecule has 7 atom stereocenters. The summed E-state index contributed by atoms with van der Waals surface area (Å²) in [4.78, 5) is 26.3. The van der Waals surface area contributed by atoms with E-state index < -0.39 is 61.6 Å². The number of benzene rings is 2. The van der Waals surface area contributed by atoms with Crippen LogP contribution < -0.4 is 5.43 Å². The van der Waals surface area contributed by atoms with E-state index in [-0.39, 0.29) is 19.8 Å². The summed E-state index contributed by atoms with van der Waals surface area (Å²) < 4.78 is 23.1. The number of aliphatic hydroxyl groups excluding tert-OH is 4. The molecule has 15 nitrogen and oxygen atoms in total. The number of carbonyl (C=O) groups is 2. The fourth-order valence-corrected chi connectivity index (χ4v) is 5.64. The molecule has 2 amide bonds. The summed E-state index contributed by atoms with van der Waals surface area (Å²) >= 11 is 0. The molecule has 2 aliphatic rings. The molecule has 0 unspecified atom stereocenters. The largest absolute Gasteiger partial charge is 0.449 e. The monoisotopic (exact) mass is 665 g/mol. The van der Waals surface area contributed by atoms with Crippen LogP contribution in [-0.4, -0.2) is 109 Å². The molecular weight excluding hydrogens is 626 g/mol. The molecule has 5 rings (SSSR count). The molecule has 3 aromatic rings. The average Bonchev–Trinajstić information content (AvgIpc) is 3.75. The molecule has 1 fully saturated rings. The zero-order valence-corrected chi connectivity index (χ0v) is 26.4. The summed E-state index contributed by atoms with van der Waals surface area (Å²) in [5.41, 5.74) is 6.04. The van der Waals surface area contributed by atoms with Gasteiger partial charge in [-0.15, -0.1) is 5.10 Å². The molecule has 2 heterocycles. The number of nitrogens with zero attached hydrogens (tertiary/aromatic N) is 4. The molecule has 2 aromatic carbocycles. The number of rotatable bonds is 10. The smallest absolute Gasteiger partial charge is 0.429 e. The van der Waals surface area contributed by atoms with Gasteiger partial charge in [-0.05, 0) is 36.1 Å². The third-order valence-electron chi connectivity index (χ3n) is 7.87. The van der Waals surface area contributed by atoms with Crippen molar-refractivity contribution in [2.75, 3.05) is 19.8 Å². The highest BCUT2D eigenvalue weighted by Crippen LogP contribution is 2.39. The van der Waals surface area contributed by atoms with Gasteiger partial charge in [0.05, 0.1) is 38.7 Å². The number of aromatic nitrogens is 3. The Labute approximate surface area is 276 Å². The lowest BCUT2D eigenvalue weighted by molar-refractivity contribution is -0.304. The summed E-state index contributed by atoms with van der Waals surface area (Å²) in [6.45, 7) is 2.57. The van der Waals surface area contributed by atoms with Crippen LogP contribution in [0.3, 0.4) is 0 Å². The molecule has 48 heavy (non-hydrogen) atoms. The lowest BCUT2D eigenvalue weighted by Crippen LogP contribution is -2.59. The molecule has 0 radical (unpaired) electrons. The molecule has 15 heteroatoms. The Morgan fingerprint density at radius 1 is 0.938 bits per heavy atom. The minimum atomic E-state index is -1.60. The van der Waals surface area contributed by atoms with Gasteiger partial charge < -0.3 is 39.4 Å². The van der Waals surface area contributed by atoms with Crippen molar-refractivity contribution in [1.82, 2.24) is 25.4 Å². The number of aliphatic hydroxyl groups is 4. The highest BCUT2D eigenvalue weighted by molar-refractivity contribution is 5.86. The first-order valence-corrected chi connectivity index (χ1v) is 15.5. The van der Waals surface area contributed by atoms with Crippen molar-refractivity contribution in [1.29, 1.82) is 0 Å². The first kappa shape index (κ1) is 34.7. The third-order valence-corrected chi connectivity index (χ3v) is 7.87. The minimum Gasteiger partial charge on any atom is -0.449 e. The number of hydrogen-bond acceptors (Lipinski definition) is 12. The first-order valence-electron chi connectivity index (χ1n) is 15.5. The summed E-state index contributed by atoms with van der Waals surface area (Å²) in [7, 11) is 0. The van der Waals surface area contributed by atoms with Gasteiger partial charge in [0.25, 0.3) is 0 Å². The van der Waals surface area contributed by atoms with Gasteiger partial charge in [-0.2, -0.15) is 0 Å². The maximum absolute atomic E-state index is 13.5. The molecule has 1 aliphatic heterocycles. The number of carbonyl (C=O) groups excluding carboxylic acids is 2. The Balaban J connectivity index is 1.53. The molecule has 1 saturated heterocycles. The van der Waals surface area contributed by atoms with E-state index >= 15 is 0 Å². The Morgan fingerprint density at radius 3 is 2.19 bits per heavy atom. The second kappa shape index (κ2) is 16.0. The standard InChI is InChI=1S/C33H39N5O10/c1-3-45-32(43)35-38(33(44)46-4-2)27-23(26(20-11-7-5-8-12-20)21-13-9-6-10-14-21)15-16-24(27)37-17-22(34-36-37)19-47-31-30(42)29(41)28(40)25(18-39)48-31/h5-17,24-25,27-31,39-42H,3-4,18-19H2,1-2H3,(H,35,43)/t24-,25-,27-,28-,29+,30-,31-/m1/s1. The van der Waals surface area contributed by atoms with Crippen LogP contribution in [-0.2, 0) is 25.6 Å². The summed E-state index contributed by atoms with van der Waals surface area (Å²) in [5, 5.41) is 49.6. The van der Waals surface area contributed by atoms with Gasteiger partial charge in [0.1, 0.15) is 36.2 Å². The highest BCUT2D eigenvalue weighted by Gasteiger charge is 2.44. The molecule has 0 bridgehead atoms. The van der Waals surface area contributed by atoms with Crippen LogP contribution in [0.2, 0.25) is 0 Å². The Bertz CT molecular complexity index is 1540. The summed E-state index contributed by atoms with van der Waals surface area (Å²) in [6, 6.07) is 17.6. The fourth-order valence-electron chi connectivity index (χ4n) is 5.64. The summed E-state index contributed by atoms with van der Waals surface area (Å²) in [6.07, 6.45) is -3.66. The van der Waals surface area contributed by atoms with Gasteiger partial charge in [-0.3, -0.25) is 0 Å². The SMILES string of the molecule is CCOC(=O)NN(C(=O)OCC)[C@@H]1C(=C(c2ccccc2)c2ccccc2)C=C[C@H]1n1cc(CO[C@@H]2O[C@H](CO)[C@@H](O)[C@H](O)[C@H]2O)nn1. The predicted octanol–water partition coefficient (Wildman–Crippen LogP) is 1.70. The molecule has 0 spiro atoms. The number of hydrogen-bond donors (Lipinski definition) is 5. The van der Waals surface area contributed by atoms with E-state index in [1.807, 2.05) is 72.8 Å². The Morgan fingerprint density at radius 2 is 1.58 bits per heavy atom. The highest BCUT2D eigenvalue weighted by atomic mass is 16.7. The fraction of sp³-hybridized carbons (Fsp3) is 0.394. The van der Waals surface area contributed by atoms with Crippen LogP contribution in [0.4, 0.5) is 9.59 Å². The van der Waals surface area contributed by atoms with Crippen LogP contribution in [0.5, 0.6) is 0 Å². The second-order valence-electron chi connectivity index (χ2n) is 11.0. The number of hydrazine groups is 1. The molecule has 1 aromatic heterocycles. The van der Waals surface area contributed by atoms with Gasteiger partial charge in [-0.1, -0.05) is 78.0 Å². The van der Waals surface area contributed by atoms with Gasteiger partial charge in [0, 0.05) is 0 Å². The second-order valence-corrected chi connectivity index (χ2v) is 11.0. The minimum absolute atomic E-state index is 0.0384. The Hall–Kier alpha value is -4.64. The van der Waals surface area contributed by atoms with Crippen molar-refractivity contribution in [2.24, 2.45) is 0 Å². The van der Waals surface area contributed by atoms with E-state index in [0.29, 0.717) is 11.3 Å². The number of amides is 2. The number of ether oxygens (including phenoxy) is 4. The van der Waals surface area contributed by atoms with Crippen LogP contribution in [0.15, 0.2) is 84.6 Å². The van der Waals surface area contributed by atoms with Gasteiger partial charge >= 0.3 is 12.2 Å². The Kier molecular flexibility index (Phi) is 11.5. The van der Waals surface area contributed by atoms with Crippen LogP contribution in [0.25, 0.3) is 5.57 Å². The lowest BCUT2D eigenvalue weighted by atomic mass is 9.90. The average molecular weight is 666 g/mol. The van der Waals surface area contributed by atoms with Crippen LogP contribution in [0, 0.1) is 0 Å². The van der Waals surface area contributed by atoms with Crippen molar-refractivity contribution < 1.29 is 49.0 Å². The quantitative estimate of drug-likeness (QED) is 0.197. The number of nitrogens with one attached hydrogen (secondary N) is 1. The van der Waals surface area contributed by atoms with Crippen molar-refractivity contribution in [3.05, 3.63) is 101 Å². The van der Waals surface area contributed by atoms with Gasteiger partial charge in [-0.25, -0.2) is 24.7 Å². The van der Waals surface area contributed by atoms with E-state index in [1.165, 1.54) is 4.68 Å². The molecule has 256 valence electrons. The molecule has 0 saturated carbocycles. The lowest BCUT2D eigenvalue weighted by Gasteiger charge is -2.39. The van der Waals surface area contributed by atoms with Crippen LogP contribution in [0.1, 0.15) is 36.7 Å². The first-order chi connectivity index (χ1) is 23.3. The van der Waals surface area contributed by atoms with Crippen LogP contribution >= 0.6 is 0 Å². The van der Waals surface area contributed by atoms with Gasteiger partial charge in [0.2, 0.25) is 0 Å². The maximum Gasteiger partial charge on any atom is 0.429 e. The van der Waals surface area contributed by atoms with E-state index in [4.69, 9.17) is 18.9 Å². The van der Waals surface area contributed by atoms with E-state index in [1.54, 1.807) is 20.0 Å². The van der Waals surface area contributed by atoms with E-state index in [0.717, 1.165) is 21.7 Å². The zero-order valence-electron chi connectivity index (χ0n) is 26.4. The molecule has 1 aliphatic carbocycles. The topological polar surface area (TPSA) is 198 Å². The van der Waals surface area contributed by atoms with E-state index in [2.05, 4.69) is 15.7 Å². The third kappa shape index (κ3) is 7.57. The maximum atomic E-state index is 13.5.